The minimum atomic E-state index is -0.0209. The third kappa shape index (κ3) is 3.85. The molecule has 0 spiro atoms. The molecule has 112 valence electrons. The number of benzene rings is 1. The normalized spacial score (nSPS) is 17.1. The van der Waals surface area contributed by atoms with Crippen molar-refractivity contribution < 1.29 is 4.79 Å². The van der Waals surface area contributed by atoms with Crippen LogP contribution in [-0.4, -0.2) is 23.9 Å². The fourth-order valence-corrected chi connectivity index (χ4v) is 3.15. The van der Waals surface area contributed by atoms with E-state index in [1.54, 1.807) is 0 Å². The first kappa shape index (κ1) is 15.6. The molecule has 1 aliphatic rings. The number of hydrogen-bond donors (Lipinski definition) is 0. The zero-order valence-corrected chi connectivity index (χ0v) is 13.0. The molecule has 0 bridgehead atoms. The third-order valence-electron chi connectivity index (χ3n) is 4.06. The number of hydrogen-bond acceptors (Lipinski definition) is 2. The molecule has 21 heavy (non-hydrogen) atoms. The van der Waals surface area contributed by atoms with Gasteiger partial charge in [0.1, 0.15) is 0 Å². The lowest BCUT2D eigenvalue weighted by Crippen LogP contribution is -2.39. The van der Waals surface area contributed by atoms with Gasteiger partial charge in [-0.3, -0.25) is 4.79 Å². The van der Waals surface area contributed by atoms with Gasteiger partial charge in [-0.25, -0.2) is 0 Å². The largest absolute Gasteiger partial charge is 0.341 e. The second kappa shape index (κ2) is 7.26. The molecule has 0 saturated carbocycles. The van der Waals surface area contributed by atoms with Crippen molar-refractivity contribution in [1.82, 2.24) is 4.90 Å². The van der Waals surface area contributed by atoms with Gasteiger partial charge < -0.3 is 4.90 Å². The first-order valence-electron chi connectivity index (χ1n) is 7.87. The molecule has 1 aromatic carbocycles. The summed E-state index contributed by atoms with van der Waals surface area (Å²) >= 11 is 0. The smallest absolute Gasteiger partial charge is 0.230 e. The Bertz CT molecular complexity index is 530. The van der Waals surface area contributed by atoms with E-state index in [0.717, 1.165) is 25.8 Å². The monoisotopic (exact) mass is 284 g/mol. The van der Waals surface area contributed by atoms with Gasteiger partial charge >= 0.3 is 0 Å². The number of carbonyl (C=O) groups is 1. The van der Waals surface area contributed by atoms with E-state index in [1.807, 2.05) is 17.0 Å². The van der Waals surface area contributed by atoms with E-state index in [1.165, 1.54) is 11.1 Å². The van der Waals surface area contributed by atoms with Crippen LogP contribution in [0.25, 0.3) is 0 Å². The van der Waals surface area contributed by atoms with E-state index in [9.17, 15) is 4.79 Å². The maximum Gasteiger partial charge on any atom is 0.230 e. The van der Waals surface area contributed by atoms with E-state index in [0.29, 0.717) is 18.9 Å². The van der Waals surface area contributed by atoms with Gasteiger partial charge in [-0.1, -0.05) is 38.1 Å². The van der Waals surface area contributed by atoms with Gasteiger partial charge in [0.2, 0.25) is 5.91 Å². The van der Waals surface area contributed by atoms with Crippen LogP contribution >= 0.6 is 0 Å². The SMILES string of the molecule is CC(C)CN(CCC#N)C(=O)C1CCCc2ccccc21. The van der Waals surface area contributed by atoms with Crippen LogP contribution in [0, 0.1) is 17.2 Å². The summed E-state index contributed by atoms with van der Waals surface area (Å²) in [6.07, 6.45) is 3.48. The van der Waals surface area contributed by atoms with Crippen LogP contribution in [0.3, 0.4) is 0 Å². The highest BCUT2D eigenvalue weighted by molar-refractivity contribution is 5.84. The lowest BCUT2D eigenvalue weighted by Gasteiger charge is -2.31. The van der Waals surface area contributed by atoms with Gasteiger partial charge in [0.15, 0.2) is 0 Å². The number of rotatable bonds is 5. The van der Waals surface area contributed by atoms with Crippen LogP contribution in [0.1, 0.15) is 50.2 Å². The summed E-state index contributed by atoms with van der Waals surface area (Å²) in [5.41, 5.74) is 2.51. The topological polar surface area (TPSA) is 44.1 Å². The van der Waals surface area contributed by atoms with Crippen molar-refractivity contribution >= 4 is 5.91 Å². The Morgan fingerprint density at radius 1 is 1.43 bits per heavy atom. The van der Waals surface area contributed by atoms with Gasteiger partial charge in [-0.2, -0.15) is 5.26 Å². The number of aryl methyl sites for hydroxylation is 1. The fourth-order valence-electron chi connectivity index (χ4n) is 3.15. The Labute approximate surface area is 127 Å². The Morgan fingerprint density at radius 3 is 2.90 bits per heavy atom. The molecule has 1 aromatic rings. The maximum absolute atomic E-state index is 12.9. The van der Waals surface area contributed by atoms with Gasteiger partial charge in [-0.15, -0.1) is 0 Å². The van der Waals surface area contributed by atoms with Crippen LogP contribution in [0.5, 0.6) is 0 Å². The zero-order chi connectivity index (χ0) is 15.2. The summed E-state index contributed by atoms with van der Waals surface area (Å²) in [4.78, 5) is 14.8. The highest BCUT2D eigenvalue weighted by atomic mass is 16.2. The highest BCUT2D eigenvalue weighted by Gasteiger charge is 2.29. The number of amides is 1. The van der Waals surface area contributed by atoms with Gasteiger partial charge in [0, 0.05) is 13.1 Å². The molecule has 0 N–H and O–H groups in total. The average Bonchev–Trinajstić information content (AvgIpc) is 2.50. The fraction of sp³-hybridized carbons (Fsp3) is 0.556. The lowest BCUT2D eigenvalue weighted by molar-refractivity contribution is -0.133. The van der Waals surface area contributed by atoms with Gasteiger partial charge in [-0.05, 0) is 36.3 Å². The zero-order valence-electron chi connectivity index (χ0n) is 13.0. The van der Waals surface area contributed by atoms with Crippen LogP contribution in [0.15, 0.2) is 24.3 Å². The summed E-state index contributed by atoms with van der Waals surface area (Å²) in [5, 5.41) is 8.81. The molecule has 3 heteroatoms. The Kier molecular flexibility index (Phi) is 5.38. The molecule has 0 fully saturated rings. The standard InChI is InChI=1S/C18H24N2O/c1-14(2)13-20(12-6-11-19)18(21)17-10-5-8-15-7-3-4-9-16(15)17/h3-4,7,9,14,17H,5-6,8,10,12-13H2,1-2H3. The van der Waals surface area contributed by atoms with Crippen molar-refractivity contribution in [1.29, 1.82) is 5.26 Å². The highest BCUT2D eigenvalue weighted by Crippen LogP contribution is 2.33. The molecule has 0 aromatic heterocycles. The van der Waals surface area contributed by atoms with E-state index < -0.39 is 0 Å². The molecule has 0 radical (unpaired) electrons. The van der Waals surface area contributed by atoms with Crippen LogP contribution in [-0.2, 0) is 11.2 Å². The van der Waals surface area contributed by atoms with Crippen molar-refractivity contribution in [3.63, 3.8) is 0 Å². The molecule has 0 heterocycles. The lowest BCUT2D eigenvalue weighted by atomic mass is 9.82. The Balaban J connectivity index is 2.19. The number of carbonyl (C=O) groups excluding carboxylic acids is 1. The van der Waals surface area contributed by atoms with Gasteiger partial charge in [0.25, 0.3) is 0 Å². The minimum Gasteiger partial charge on any atom is -0.341 e. The minimum absolute atomic E-state index is 0.0209. The van der Waals surface area contributed by atoms with Crippen molar-refractivity contribution in [2.45, 2.75) is 45.4 Å². The Hall–Kier alpha value is -1.82. The number of fused-ring (bicyclic) bond motifs is 1. The first-order valence-corrected chi connectivity index (χ1v) is 7.87. The van der Waals surface area contributed by atoms with Crippen molar-refractivity contribution in [3.8, 4) is 6.07 Å². The van der Waals surface area contributed by atoms with Crippen molar-refractivity contribution in [2.75, 3.05) is 13.1 Å². The van der Waals surface area contributed by atoms with E-state index in [-0.39, 0.29) is 11.8 Å². The second-order valence-corrected chi connectivity index (χ2v) is 6.23. The van der Waals surface area contributed by atoms with Crippen molar-refractivity contribution in [2.24, 2.45) is 5.92 Å². The molecule has 1 amide bonds. The molecule has 0 aliphatic heterocycles. The molecule has 1 unspecified atom stereocenters. The van der Waals surface area contributed by atoms with Gasteiger partial charge in [0.05, 0.1) is 18.4 Å². The second-order valence-electron chi connectivity index (χ2n) is 6.23. The van der Waals surface area contributed by atoms with E-state index in [2.05, 4.69) is 32.0 Å². The average molecular weight is 284 g/mol. The molecule has 1 atom stereocenters. The van der Waals surface area contributed by atoms with Crippen molar-refractivity contribution in [3.05, 3.63) is 35.4 Å². The predicted octanol–water partition coefficient (Wildman–Crippen LogP) is 3.50. The first-order chi connectivity index (χ1) is 10.1. The van der Waals surface area contributed by atoms with Crippen LogP contribution in [0.4, 0.5) is 0 Å². The maximum atomic E-state index is 12.9. The predicted molar refractivity (Wildman–Crippen MR) is 83.8 cm³/mol. The number of nitrogens with zero attached hydrogens (tertiary/aromatic N) is 2. The Morgan fingerprint density at radius 2 is 2.19 bits per heavy atom. The molecular formula is C18H24N2O. The molecule has 0 saturated heterocycles. The summed E-state index contributed by atoms with van der Waals surface area (Å²) in [7, 11) is 0. The molecular weight excluding hydrogens is 260 g/mol. The molecule has 3 nitrogen and oxygen atoms in total. The molecule has 1 aliphatic carbocycles. The summed E-state index contributed by atoms with van der Waals surface area (Å²) in [6.45, 7) is 5.51. The summed E-state index contributed by atoms with van der Waals surface area (Å²) < 4.78 is 0. The third-order valence-corrected chi connectivity index (χ3v) is 4.06. The van der Waals surface area contributed by atoms with Crippen LogP contribution in [0.2, 0.25) is 0 Å². The summed E-state index contributed by atoms with van der Waals surface area (Å²) in [6, 6.07) is 10.5. The van der Waals surface area contributed by atoms with E-state index in [4.69, 9.17) is 5.26 Å². The molecule has 2 rings (SSSR count). The van der Waals surface area contributed by atoms with E-state index >= 15 is 0 Å². The quantitative estimate of drug-likeness (QED) is 0.830. The summed E-state index contributed by atoms with van der Waals surface area (Å²) in [5.74, 6) is 0.602. The van der Waals surface area contributed by atoms with Crippen LogP contribution < -0.4 is 0 Å². The number of nitriles is 1.